The van der Waals surface area contributed by atoms with Crippen molar-refractivity contribution in [2.45, 2.75) is 148 Å². The summed E-state index contributed by atoms with van der Waals surface area (Å²) in [7, 11) is 0.768. The number of hydrogen-bond acceptors (Lipinski definition) is 10. The minimum absolute atomic E-state index is 0.0259. The Labute approximate surface area is 412 Å². The SMILES string of the molecule is CCCCc1ccc(-c2ccc(C(=O)N[C@@H](CCCCN)C(=O)N[C@@H]3C(=O)N[C@@H](C)C(=O)N[C@H](C(=O)N[C@@H](C)B4O[C@@H]5C[C@@H]6C[C@@H](C6(C)C)[C@]5(C)O4)CNC(=O)CCc4cc3ccc4OC)cc2)cc1. The number of ether oxygens (including phenoxy) is 1. The van der Waals surface area contributed by atoms with Gasteiger partial charge in [-0.25, -0.2) is 0 Å². The summed E-state index contributed by atoms with van der Waals surface area (Å²) in [6.07, 6.45) is 6.61. The third-order valence-corrected chi connectivity index (χ3v) is 15.3. The zero-order chi connectivity index (χ0) is 50.3. The molecule has 2 heterocycles. The van der Waals surface area contributed by atoms with Gasteiger partial charge < -0.3 is 51.7 Å². The van der Waals surface area contributed by atoms with Crippen molar-refractivity contribution >= 4 is 42.6 Å². The molecule has 376 valence electrons. The topological polar surface area (TPSA) is 228 Å². The number of unbranched alkanes of at least 4 members (excludes halogenated alkanes) is 2. The molecular weight excluding hydrogens is 889 g/mol. The molecular formula is C53H72BN7O9. The number of rotatable bonds is 16. The van der Waals surface area contributed by atoms with Crippen molar-refractivity contribution in [1.82, 2.24) is 31.9 Å². The van der Waals surface area contributed by atoms with E-state index in [1.807, 2.05) is 12.1 Å². The molecule has 3 aromatic rings. The summed E-state index contributed by atoms with van der Waals surface area (Å²) < 4.78 is 18.6. The number of hydrogen-bond donors (Lipinski definition) is 7. The molecule has 6 amide bonds. The second kappa shape index (κ2) is 22.5. The highest BCUT2D eigenvalue weighted by molar-refractivity contribution is 6.47. The van der Waals surface area contributed by atoms with Crippen molar-refractivity contribution in [3.63, 3.8) is 0 Å². The lowest BCUT2D eigenvalue weighted by atomic mass is 9.43. The number of fused-ring (bicyclic) bond motifs is 2. The number of nitrogens with two attached hydrogens (primary N) is 1. The zero-order valence-corrected chi connectivity index (χ0v) is 41.8. The Bertz CT molecular complexity index is 2380. The van der Waals surface area contributed by atoms with E-state index < -0.39 is 78.3 Å². The molecule has 0 radical (unpaired) electrons. The second-order valence-corrected chi connectivity index (χ2v) is 20.4. The zero-order valence-electron chi connectivity index (χ0n) is 41.8. The van der Waals surface area contributed by atoms with Crippen LogP contribution in [0.1, 0.15) is 126 Å². The van der Waals surface area contributed by atoms with E-state index in [0.29, 0.717) is 53.7 Å². The Morgan fingerprint density at radius 2 is 1.61 bits per heavy atom. The Kier molecular flexibility index (Phi) is 16.8. The monoisotopic (exact) mass is 962 g/mol. The molecule has 4 fully saturated rings. The van der Waals surface area contributed by atoms with Crippen LogP contribution in [0.5, 0.6) is 5.75 Å². The van der Waals surface area contributed by atoms with Gasteiger partial charge in [0.25, 0.3) is 5.91 Å². The van der Waals surface area contributed by atoms with Gasteiger partial charge in [0.15, 0.2) is 0 Å². The van der Waals surface area contributed by atoms with Crippen molar-refractivity contribution in [3.8, 4) is 16.9 Å². The highest BCUT2D eigenvalue weighted by atomic mass is 16.7. The predicted molar refractivity (Wildman–Crippen MR) is 267 cm³/mol. The molecule has 5 aliphatic rings. The van der Waals surface area contributed by atoms with Crippen LogP contribution >= 0.6 is 0 Å². The number of carbonyl (C=O) groups is 6. The molecule has 1 saturated heterocycles. The van der Waals surface area contributed by atoms with Gasteiger partial charge in [-0.1, -0.05) is 69.7 Å². The van der Waals surface area contributed by atoms with Gasteiger partial charge >= 0.3 is 7.12 Å². The van der Waals surface area contributed by atoms with Gasteiger partial charge in [0.1, 0.15) is 29.9 Å². The lowest BCUT2D eigenvalue weighted by Crippen LogP contribution is -2.65. The van der Waals surface area contributed by atoms with Crippen LogP contribution in [0.4, 0.5) is 0 Å². The summed E-state index contributed by atoms with van der Waals surface area (Å²) in [5.41, 5.74) is 9.98. The van der Waals surface area contributed by atoms with E-state index in [-0.39, 0.29) is 37.3 Å². The van der Waals surface area contributed by atoms with Gasteiger partial charge in [-0.3, -0.25) is 28.8 Å². The molecule has 16 nitrogen and oxygen atoms in total. The minimum Gasteiger partial charge on any atom is -0.496 e. The fourth-order valence-electron chi connectivity index (χ4n) is 10.7. The summed E-state index contributed by atoms with van der Waals surface area (Å²) in [6, 6.07) is 15.6. The number of carbonyl (C=O) groups excluding carboxylic acids is 6. The number of aryl methyl sites for hydroxylation is 2. The van der Waals surface area contributed by atoms with Crippen molar-refractivity contribution in [3.05, 3.63) is 89.0 Å². The fourth-order valence-corrected chi connectivity index (χ4v) is 10.7. The van der Waals surface area contributed by atoms with E-state index in [1.54, 1.807) is 37.3 Å². The van der Waals surface area contributed by atoms with Gasteiger partial charge in [-0.05, 0) is 148 Å². The van der Waals surface area contributed by atoms with Crippen molar-refractivity contribution in [2.75, 3.05) is 20.2 Å². The van der Waals surface area contributed by atoms with Crippen molar-refractivity contribution in [1.29, 1.82) is 0 Å². The third kappa shape index (κ3) is 11.7. The minimum atomic E-state index is -1.36. The van der Waals surface area contributed by atoms with Crippen molar-refractivity contribution in [2.24, 2.45) is 23.0 Å². The molecule has 70 heavy (non-hydrogen) atoms. The standard InChI is InChI=1S/C53H72BN7O9/c1-8-9-12-33-14-16-34(17-15-33)35-18-20-36(21-19-35)48(64)59-40(13-10-11-26-55)49(65)61-46-38-22-24-42(68-7)37(27-38)23-25-45(62)56-30-41(60-47(63)31(2)57-51(46)67)50(66)58-32(3)54-69-44-29-39-28-43(52(39,4)5)53(44,6)70-54/h14-22,24,27,31-32,39-41,43-44,46H,8-13,23,25-26,28-30,55H2,1-7H3,(H,56,62)(H,57,67)(H,58,66)(H,59,64)(H,60,63)(H,61,65)/t31-,32-,39-,40-,41-,43-,44+,46-,53-/m0/s1. The highest BCUT2D eigenvalue weighted by Gasteiger charge is 2.68. The van der Waals surface area contributed by atoms with Crippen LogP contribution in [-0.4, -0.2) is 98.5 Å². The van der Waals surface area contributed by atoms with Crippen molar-refractivity contribution < 1.29 is 42.8 Å². The number of methoxy groups -OCH3 is 1. The molecule has 9 atom stereocenters. The quantitative estimate of drug-likeness (QED) is 0.0779. The van der Waals surface area contributed by atoms with Crippen LogP contribution in [0.2, 0.25) is 0 Å². The van der Waals surface area contributed by atoms with E-state index in [4.69, 9.17) is 19.8 Å². The maximum atomic E-state index is 14.4. The lowest BCUT2D eigenvalue weighted by molar-refractivity contribution is -0.199. The van der Waals surface area contributed by atoms with E-state index >= 15 is 0 Å². The molecule has 17 heteroatoms. The molecule has 4 bridgehead atoms. The average molecular weight is 962 g/mol. The van der Waals surface area contributed by atoms with Gasteiger partial charge in [0, 0.05) is 18.5 Å². The fraction of sp³-hybridized carbons (Fsp3) is 0.547. The molecule has 8 rings (SSSR count). The molecule has 2 aliphatic heterocycles. The third-order valence-electron chi connectivity index (χ3n) is 15.3. The first-order valence-electron chi connectivity index (χ1n) is 25.1. The Balaban J connectivity index is 1.06. The summed E-state index contributed by atoms with van der Waals surface area (Å²) >= 11 is 0. The van der Waals surface area contributed by atoms with Crippen LogP contribution < -0.4 is 42.4 Å². The van der Waals surface area contributed by atoms with E-state index in [2.05, 4.69) is 83.9 Å². The lowest BCUT2D eigenvalue weighted by Gasteiger charge is -2.64. The molecule has 0 aromatic heterocycles. The molecule has 0 spiro atoms. The highest BCUT2D eigenvalue weighted by Crippen LogP contribution is 2.65. The van der Waals surface area contributed by atoms with E-state index in [9.17, 15) is 28.8 Å². The van der Waals surface area contributed by atoms with Crippen LogP contribution in [0.25, 0.3) is 11.1 Å². The number of amides is 6. The predicted octanol–water partition coefficient (Wildman–Crippen LogP) is 4.61. The second-order valence-electron chi connectivity index (χ2n) is 20.4. The maximum absolute atomic E-state index is 14.4. The molecule has 3 saturated carbocycles. The first-order valence-corrected chi connectivity index (χ1v) is 25.1. The molecule has 3 aromatic carbocycles. The summed E-state index contributed by atoms with van der Waals surface area (Å²) in [6.45, 7) is 12.2. The Hall–Kier alpha value is -5.78. The summed E-state index contributed by atoms with van der Waals surface area (Å²) in [5, 5.41) is 16.9. The van der Waals surface area contributed by atoms with E-state index in [1.165, 1.54) is 19.6 Å². The number of benzene rings is 3. The van der Waals surface area contributed by atoms with Gasteiger partial charge in [-0.2, -0.15) is 0 Å². The Morgan fingerprint density at radius 3 is 2.29 bits per heavy atom. The van der Waals surface area contributed by atoms with Gasteiger partial charge in [0.2, 0.25) is 29.5 Å². The van der Waals surface area contributed by atoms with Crippen LogP contribution in [0, 0.1) is 17.3 Å². The average Bonchev–Trinajstić information content (AvgIpc) is 3.72. The number of nitrogens with one attached hydrogen (secondary N) is 6. The normalized spacial score (nSPS) is 26.1. The molecule has 3 aliphatic carbocycles. The van der Waals surface area contributed by atoms with Crippen LogP contribution in [-0.2, 0) is 46.1 Å². The summed E-state index contributed by atoms with van der Waals surface area (Å²) in [5.74, 6) is -2.79. The van der Waals surface area contributed by atoms with Gasteiger partial charge in [0.05, 0.1) is 24.8 Å². The first kappa shape index (κ1) is 52.1. The van der Waals surface area contributed by atoms with Crippen LogP contribution in [0.3, 0.4) is 0 Å². The Morgan fingerprint density at radius 1 is 0.900 bits per heavy atom. The van der Waals surface area contributed by atoms with Gasteiger partial charge in [-0.15, -0.1) is 0 Å². The summed E-state index contributed by atoms with van der Waals surface area (Å²) in [4.78, 5) is 83.8. The molecule has 0 unspecified atom stereocenters. The van der Waals surface area contributed by atoms with E-state index in [0.717, 1.165) is 43.2 Å². The molecule has 8 N–H and O–H groups in total. The smallest absolute Gasteiger partial charge is 0.481 e. The maximum Gasteiger partial charge on any atom is 0.481 e. The first-order chi connectivity index (χ1) is 33.4. The largest absolute Gasteiger partial charge is 0.496 e. The van der Waals surface area contributed by atoms with Crippen LogP contribution in [0.15, 0.2) is 66.7 Å².